The second-order valence-electron chi connectivity index (χ2n) is 5.09. The molecule has 2 rings (SSSR count). The monoisotopic (exact) mass is 322 g/mol. The van der Waals surface area contributed by atoms with Gasteiger partial charge in [0.25, 0.3) is 0 Å². The SMILES string of the molecule is Cc1cc(S(=O)(=O)N2CCNC(C)C2)cc(C)c1F.Cl. The Morgan fingerprint density at radius 1 is 1.30 bits per heavy atom. The summed E-state index contributed by atoms with van der Waals surface area (Å²) in [5, 5.41) is 3.20. The van der Waals surface area contributed by atoms with Gasteiger partial charge in [0, 0.05) is 25.7 Å². The van der Waals surface area contributed by atoms with E-state index in [0.29, 0.717) is 30.8 Å². The number of nitrogens with zero attached hydrogens (tertiary/aromatic N) is 1. The number of hydrogen-bond acceptors (Lipinski definition) is 3. The van der Waals surface area contributed by atoms with Crippen molar-refractivity contribution in [2.24, 2.45) is 0 Å². The van der Waals surface area contributed by atoms with E-state index in [1.54, 1.807) is 13.8 Å². The zero-order valence-corrected chi connectivity index (χ0v) is 13.4. The molecule has 4 nitrogen and oxygen atoms in total. The van der Waals surface area contributed by atoms with Crippen LogP contribution in [0.4, 0.5) is 4.39 Å². The first-order valence-corrected chi connectivity index (χ1v) is 7.76. The molecule has 1 unspecified atom stereocenters. The third-order valence-electron chi connectivity index (χ3n) is 3.38. The molecule has 0 aliphatic carbocycles. The predicted octanol–water partition coefficient (Wildman–Crippen LogP) is 1.85. The van der Waals surface area contributed by atoms with E-state index in [9.17, 15) is 12.8 Å². The smallest absolute Gasteiger partial charge is 0.243 e. The molecule has 1 aromatic carbocycles. The Bertz CT molecular complexity index is 569. The number of piperazine rings is 1. The molecule has 1 heterocycles. The van der Waals surface area contributed by atoms with Gasteiger partial charge in [-0.1, -0.05) is 0 Å². The van der Waals surface area contributed by atoms with Crippen molar-refractivity contribution in [3.63, 3.8) is 0 Å². The first kappa shape index (κ1) is 17.4. The lowest BCUT2D eigenvalue weighted by Gasteiger charge is -2.31. The molecule has 1 atom stereocenters. The van der Waals surface area contributed by atoms with Crippen molar-refractivity contribution >= 4 is 22.4 Å². The molecule has 7 heteroatoms. The average Bonchev–Trinajstić information content (AvgIpc) is 2.35. The molecular weight excluding hydrogens is 303 g/mol. The minimum Gasteiger partial charge on any atom is -0.312 e. The Kier molecular flexibility index (Phi) is 5.54. The first-order chi connectivity index (χ1) is 8.82. The van der Waals surface area contributed by atoms with E-state index in [1.807, 2.05) is 6.92 Å². The van der Waals surface area contributed by atoms with Crippen molar-refractivity contribution in [2.45, 2.75) is 31.7 Å². The summed E-state index contributed by atoms with van der Waals surface area (Å²) in [7, 11) is -3.53. The van der Waals surface area contributed by atoms with E-state index >= 15 is 0 Å². The lowest BCUT2D eigenvalue weighted by molar-refractivity contribution is 0.310. The van der Waals surface area contributed by atoms with Gasteiger partial charge >= 0.3 is 0 Å². The molecule has 0 spiro atoms. The number of hydrogen-bond donors (Lipinski definition) is 1. The standard InChI is InChI=1S/C13H19FN2O2S.ClH/c1-9-6-12(7-10(2)13(9)14)19(17,18)16-5-4-15-11(3)8-16;/h6-7,11,15H,4-5,8H2,1-3H3;1H. The van der Waals surface area contributed by atoms with Crippen LogP contribution in [0.15, 0.2) is 17.0 Å². The Hall–Kier alpha value is -0.690. The van der Waals surface area contributed by atoms with Crippen LogP contribution in [0.25, 0.3) is 0 Å². The maximum atomic E-state index is 13.6. The first-order valence-electron chi connectivity index (χ1n) is 6.32. The lowest BCUT2D eigenvalue weighted by atomic mass is 10.1. The van der Waals surface area contributed by atoms with E-state index in [1.165, 1.54) is 16.4 Å². The molecule has 1 fully saturated rings. The molecule has 0 bridgehead atoms. The maximum Gasteiger partial charge on any atom is 0.243 e. The largest absolute Gasteiger partial charge is 0.312 e. The highest BCUT2D eigenvalue weighted by Gasteiger charge is 2.29. The highest BCUT2D eigenvalue weighted by atomic mass is 35.5. The van der Waals surface area contributed by atoms with Crippen LogP contribution in [0, 0.1) is 19.7 Å². The summed E-state index contributed by atoms with van der Waals surface area (Å²) in [5.41, 5.74) is 0.725. The Labute approximate surface area is 125 Å². The molecule has 1 aromatic rings. The van der Waals surface area contributed by atoms with Crippen LogP contribution < -0.4 is 5.32 Å². The molecule has 0 saturated carbocycles. The zero-order chi connectivity index (χ0) is 14.2. The summed E-state index contributed by atoms with van der Waals surface area (Å²) in [4.78, 5) is 0.179. The summed E-state index contributed by atoms with van der Waals surface area (Å²) in [5.74, 6) is -0.340. The van der Waals surface area contributed by atoms with Gasteiger partial charge in [-0.2, -0.15) is 4.31 Å². The molecule has 1 aliphatic heterocycles. The van der Waals surface area contributed by atoms with Gasteiger partial charge in [-0.3, -0.25) is 0 Å². The van der Waals surface area contributed by atoms with Crippen LogP contribution in [-0.2, 0) is 10.0 Å². The number of sulfonamides is 1. The highest BCUT2D eigenvalue weighted by molar-refractivity contribution is 7.89. The van der Waals surface area contributed by atoms with E-state index < -0.39 is 10.0 Å². The summed E-state index contributed by atoms with van der Waals surface area (Å²) in [6, 6.07) is 2.94. The van der Waals surface area contributed by atoms with Crippen LogP contribution in [0.5, 0.6) is 0 Å². The van der Waals surface area contributed by atoms with Gasteiger partial charge in [0.05, 0.1) is 4.90 Å². The third kappa shape index (κ3) is 3.31. The van der Waals surface area contributed by atoms with Gasteiger partial charge in [-0.25, -0.2) is 12.8 Å². The van der Waals surface area contributed by atoms with Crippen LogP contribution in [0.3, 0.4) is 0 Å². The predicted molar refractivity (Wildman–Crippen MR) is 79.3 cm³/mol. The van der Waals surface area contributed by atoms with Crippen LogP contribution >= 0.6 is 12.4 Å². The fraction of sp³-hybridized carbons (Fsp3) is 0.538. The van der Waals surface area contributed by atoms with Gasteiger partial charge in [0.1, 0.15) is 5.82 Å². The van der Waals surface area contributed by atoms with E-state index in [2.05, 4.69) is 5.32 Å². The van der Waals surface area contributed by atoms with Crippen LogP contribution in [0.2, 0.25) is 0 Å². The Morgan fingerprint density at radius 2 is 1.85 bits per heavy atom. The summed E-state index contributed by atoms with van der Waals surface area (Å²) in [6.45, 7) is 6.64. The van der Waals surface area contributed by atoms with Crippen molar-refractivity contribution in [1.29, 1.82) is 0 Å². The van der Waals surface area contributed by atoms with Gasteiger partial charge in [0.2, 0.25) is 10.0 Å². The molecular formula is C13H20ClFN2O2S. The quantitative estimate of drug-likeness (QED) is 0.904. The number of rotatable bonds is 2. The molecule has 1 aliphatic rings. The Morgan fingerprint density at radius 3 is 2.35 bits per heavy atom. The zero-order valence-electron chi connectivity index (χ0n) is 11.8. The number of halogens is 2. The molecule has 114 valence electrons. The molecule has 1 saturated heterocycles. The fourth-order valence-electron chi connectivity index (χ4n) is 2.32. The minimum atomic E-state index is -3.53. The minimum absolute atomic E-state index is 0. The topological polar surface area (TPSA) is 49.4 Å². The lowest BCUT2D eigenvalue weighted by Crippen LogP contribution is -2.51. The maximum absolute atomic E-state index is 13.6. The van der Waals surface area contributed by atoms with E-state index in [-0.39, 0.29) is 29.2 Å². The van der Waals surface area contributed by atoms with Crippen molar-refractivity contribution in [1.82, 2.24) is 9.62 Å². The van der Waals surface area contributed by atoms with Gasteiger partial charge in [0.15, 0.2) is 0 Å². The van der Waals surface area contributed by atoms with Gasteiger partial charge in [-0.05, 0) is 44.0 Å². The second-order valence-corrected chi connectivity index (χ2v) is 7.03. The second kappa shape index (κ2) is 6.39. The molecule has 0 amide bonds. The normalized spacial score (nSPS) is 20.5. The summed E-state index contributed by atoms with van der Waals surface area (Å²) < 4.78 is 40.1. The third-order valence-corrected chi connectivity index (χ3v) is 5.22. The highest BCUT2D eigenvalue weighted by Crippen LogP contribution is 2.22. The van der Waals surface area contributed by atoms with Crippen molar-refractivity contribution in [3.8, 4) is 0 Å². The molecule has 0 radical (unpaired) electrons. The fourth-order valence-corrected chi connectivity index (χ4v) is 4.02. The molecule has 0 aromatic heterocycles. The van der Waals surface area contributed by atoms with E-state index in [0.717, 1.165) is 0 Å². The van der Waals surface area contributed by atoms with Gasteiger partial charge < -0.3 is 5.32 Å². The van der Waals surface area contributed by atoms with Crippen molar-refractivity contribution in [2.75, 3.05) is 19.6 Å². The average molecular weight is 323 g/mol. The van der Waals surface area contributed by atoms with E-state index in [4.69, 9.17) is 0 Å². The Balaban J connectivity index is 0.00000200. The van der Waals surface area contributed by atoms with Crippen molar-refractivity contribution < 1.29 is 12.8 Å². The molecule has 1 N–H and O–H groups in total. The summed E-state index contributed by atoms with van der Waals surface area (Å²) >= 11 is 0. The van der Waals surface area contributed by atoms with Crippen LogP contribution in [0.1, 0.15) is 18.1 Å². The number of aryl methyl sites for hydroxylation is 2. The van der Waals surface area contributed by atoms with Gasteiger partial charge in [-0.15, -0.1) is 12.4 Å². The number of nitrogens with one attached hydrogen (secondary N) is 1. The number of benzene rings is 1. The molecule has 20 heavy (non-hydrogen) atoms. The summed E-state index contributed by atoms with van der Waals surface area (Å²) in [6.07, 6.45) is 0. The van der Waals surface area contributed by atoms with Crippen molar-refractivity contribution in [3.05, 3.63) is 29.1 Å². The van der Waals surface area contributed by atoms with Crippen LogP contribution in [-0.4, -0.2) is 38.4 Å².